The van der Waals surface area contributed by atoms with Crippen molar-refractivity contribution in [2.24, 2.45) is 11.7 Å². The zero-order valence-electron chi connectivity index (χ0n) is 12.5. The Morgan fingerprint density at radius 1 is 1.11 bits per heavy atom. The van der Waals surface area contributed by atoms with Crippen LogP contribution in [0.15, 0.2) is 24.3 Å². The van der Waals surface area contributed by atoms with Crippen LogP contribution in [0.3, 0.4) is 0 Å². The largest absolute Gasteiger partial charge is 0.370 e. The Labute approximate surface area is 112 Å². The van der Waals surface area contributed by atoms with E-state index in [0.717, 1.165) is 0 Å². The molecule has 0 radical (unpaired) electrons. The summed E-state index contributed by atoms with van der Waals surface area (Å²) in [5.74, 6) is 1.20. The molecule has 102 valence electrons. The number of hydrogen-bond acceptors (Lipinski definition) is 2. The van der Waals surface area contributed by atoms with Gasteiger partial charge in [0.2, 0.25) is 0 Å². The molecule has 1 rings (SSSR count). The second-order valence-electron chi connectivity index (χ2n) is 5.56. The van der Waals surface area contributed by atoms with E-state index >= 15 is 0 Å². The summed E-state index contributed by atoms with van der Waals surface area (Å²) in [4.78, 5) is 2.30. The van der Waals surface area contributed by atoms with E-state index in [1.54, 1.807) is 0 Å². The van der Waals surface area contributed by atoms with E-state index in [-0.39, 0.29) is 0 Å². The fourth-order valence-electron chi connectivity index (χ4n) is 2.34. The van der Waals surface area contributed by atoms with Gasteiger partial charge in [-0.3, -0.25) is 0 Å². The average molecular weight is 248 g/mol. The summed E-state index contributed by atoms with van der Waals surface area (Å²) in [5, 5.41) is 0. The van der Waals surface area contributed by atoms with E-state index in [9.17, 15) is 0 Å². The van der Waals surface area contributed by atoms with Gasteiger partial charge in [0.1, 0.15) is 0 Å². The molecule has 2 atom stereocenters. The van der Waals surface area contributed by atoms with E-state index in [0.29, 0.717) is 24.4 Å². The summed E-state index contributed by atoms with van der Waals surface area (Å²) in [7, 11) is 2.13. The van der Waals surface area contributed by atoms with Crippen molar-refractivity contribution >= 4 is 5.69 Å². The Morgan fingerprint density at radius 2 is 1.67 bits per heavy atom. The fraction of sp³-hybridized carbons (Fsp3) is 0.625. The minimum Gasteiger partial charge on any atom is -0.370 e. The highest BCUT2D eigenvalue weighted by Crippen LogP contribution is 2.24. The molecule has 0 aromatic heterocycles. The van der Waals surface area contributed by atoms with Crippen molar-refractivity contribution in [1.29, 1.82) is 0 Å². The number of likely N-dealkylation sites (N-methyl/N-ethyl adjacent to an activating group) is 1. The molecule has 0 bridgehead atoms. The lowest BCUT2D eigenvalue weighted by molar-refractivity contribution is 0.480. The molecule has 2 N–H and O–H groups in total. The highest BCUT2D eigenvalue weighted by Gasteiger charge is 2.17. The predicted molar refractivity (Wildman–Crippen MR) is 81.2 cm³/mol. The van der Waals surface area contributed by atoms with Crippen LogP contribution in [0, 0.1) is 5.92 Å². The lowest BCUT2D eigenvalue weighted by atomic mass is 9.97. The molecule has 0 saturated heterocycles. The van der Waals surface area contributed by atoms with Crippen LogP contribution in [0.1, 0.15) is 45.6 Å². The van der Waals surface area contributed by atoms with Gasteiger partial charge in [-0.1, -0.05) is 39.8 Å². The first-order valence-corrected chi connectivity index (χ1v) is 7.04. The third-order valence-corrected chi connectivity index (χ3v) is 3.99. The minimum atomic E-state index is 0.402. The standard InChI is InChI=1S/C16H28N2/c1-6-13(4)14-7-9-15(10-8-14)18(5)16(11-17)12(2)3/h7-10,12-13,16H,6,11,17H2,1-5H3. The minimum absolute atomic E-state index is 0.402. The van der Waals surface area contributed by atoms with Crippen LogP contribution in [0.4, 0.5) is 5.69 Å². The molecule has 0 fully saturated rings. The van der Waals surface area contributed by atoms with Gasteiger partial charge < -0.3 is 10.6 Å². The topological polar surface area (TPSA) is 29.3 Å². The Hall–Kier alpha value is -1.02. The first-order valence-electron chi connectivity index (χ1n) is 7.04. The molecule has 2 unspecified atom stereocenters. The molecule has 2 nitrogen and oxygen atoms in total. The third kappa shape index (κ3) is 3.49. The molecule has 0 aliphatic carbocycles. The Balaban J connectivity index is 2.84. The van der Waals surface area contributed by atoms with Gasteiger partial charge in [0.15, 0.2) is 0 Å². The lowest BCUT2D eigenvalue weighted by Gasteiger charge is -2.32. The maximum Gasteiger partial charge on any atom is 0.0431 e. The Bertz CT molecular complexity index is 343. The lowest BCUT2D eigenvalue weighted by Crippen LogP contribution is -2.41. The van der Waals surface area contributed by atoms with E-state index in [2.05, 4.69) is 63.9 Å². The summed E-state index contributed by atoms with van der Waals surface area (Å²) >= 11 is 0. The zero-order chi connectivity index (χ0) is 13.7. The third-order valence-electron chi connectivity index (χ3n) is 3.99. The summed E-state index contributed by atoms with van der Waals surface area (Å²) in [6, 6.07) is 9.32. The number of benzene rings is 1. The highest BCUT2D eigenvalue weighted by molar-refractivity contribution is 5.48. The number of anilines is 1. The highest BCUT2D eigenvalue weighted by atomic mass is 15.1. The van der Waals surface area contributed by atoms with Gasteiger partial charge in [-0.15, -0.1) is 0 Å². The van der Waals surface area contributed by atoms with Gasteiger partial charge >= 0.3 is 0 Å². The number of hydrogen-bond donors (Lipinski definition) is 1. The van der Waals surface area contributed by atoms with Crippen LogP contribution >= 0.6 is 0 Å². The van der Waals surface area contributed by atoms with E-state index in [1.165, 1.54) is 17.7 Å². The Morgan fingerprint density at radius 3 is 2.06 bits per heavy atom. The zero-order valence-corrected chi connectivity index (χ0v) is 12.5. The molecule has 0 heterocycles. The number of rotatable bonds is 6. The van der Waals surface area contributed by atoms with Gasteiger partial charge in [-0.05, 0) is 36.0 Å². The summed E-state index contributed by atoms with van der Waals surface area (Å²) < 4.78 is 0. The number of nitrogens with two attached hydrogens (primary N) is 1. The molecule has 0 aliphatic rings. The van der Waals surface area contributed by atoms with Crippen LogP contribution in [0.25, 0.3) is 0 Å². The van der Waals surface area contributed by atoms with E-state index in [1.807, 2.05) is 0 Å². The van der Waals surface area contributed by atoms with Crippen molar-refractivity contribution in [3.05, 3.63) is 29.8 Å². The SMILES string of the molecule is CCC(C)c1ccc(N(C)C(CN)C(C)C)cc1. The molecule has 2 heteroatoms. The van der Waals surface area contributed by atoms with Crippen LogP contribution < -0.4 is 10.6 Å². The monoisotopic (exact) mass is 248 g/mol. The van der Waals surface area contributed by atoms with E-state index in [4.69, 9.17) is 5.73 Å². The van der Waals surface area contributed by atoms with Crippen LogP contribution in [-0.4, -0.2) is 19.6 Å². The maximum atomic E-state index is 5.87. The molecule has 0 spiro atoms. The van der Waals surface area contributed by atoms with Crippen molar-refractivity contribution in [2.45, 2.75) is 46.1 Å². The van der Waals surface area contributed by atoms with Gasteiger partial charge in [0.05, 0.1) is 0 Å². The summed E-state index contributed by atoms with van der Waals surface area (Å²) in [6.45, 7) is 9.65. The van der Waals surface area contributed by atoms with Crippen molar-refractivity contribution in [2.75, 3.05) is 18.5 Å². The molecule has 0 saturated carbocycles. The van der Waals surface area contributed by atoms with Crippen molar-refractivity contribution in [3.8, 4) is 0 Å². The van der Waals surface area contributed by atoms with Crippen molar-refractivity contribution in [1.82, 2.24) is 0 Å². The molecule has 1 aromatic rings. The van der Waals surface area contributed by atoms with E-state index < -0.39 is 0 Å². The quantitative estimate of drug-likeness (QED) is 0.833. The molecular weight excluding hydrogens is 220 g/mol. The predicted octanol–water partition coefficient (Wildman–Crippen LogP) is 3.62. The molecule has 18 heavy (non-hydrogen) atoms. The van der Waals surface area contributed by atoms with Crippen LogP contribution in [0.5, 0.6) is 0 Å². The van der Waals surface area contributed by atoms with Gasteiger partial charge in [0.25, 0.3) is 0 Å². The first-order chi connectivity index (χ1) is 8.51. The van der Waals surface area contributed by atoms with Gasteiger partial charge in [0, 0.05) is 25.3 Å². The van der Waals surface area contributed by atoms with Crippen molar-refractivity contribution in [3.63, 3.8) is 0 Å². The van der Waals surface area contributed by atoms with Crippen LogP contribution in [0.2, 0.25) is 0 Å². The molecular formula is C16H28N2. The van der Waals surface area contributed by atoms with Gasteiger partial charge in [-0.2, -0.15) is 0 Å². The second-order valence-corrected chi connectivity index (χ2v) is 5.56. The maximum absolute atomic E-state index is 5.87. The Kier molecular flexibility index (Phi) is 5.67. The van der Waals surface area contributed by atoms with Crippen molar-refractivity contribution < 1.29 is 0 Å². The normalized spacial score (nSPS) is 14.6. The fourth-order valence-corrected chi connectivity index (χ4v) is 2.34. The number of nitrogens with zero attached hydrogens (tertiary/aromatic N) is 1. The molecule has 1 aromatic carbocycles. The average Bonchev–Trinajstić information content (AvgIpc) is 2.38. The molecule has 0 amide bonds. The van der Waals surface area contributed by atoms with Crippen LogP contribution in [-0.2, 0) is 0 Å². The summed E-state index contributed by atoms with van der Waals surface area (Å²) in [5.41, 5.74) is 8.55. The first kappa shape index (κ1) is 15.0. The smallest absolute Gasteiger partial charge is 0.0431 e. The second kappa shape index (κ2) is 6.79. The summed E-state index contributed by atoms with van der Waals surface area (Å²) in [6.07, 6.45) is 1.19. The van der Waals surface area contributed by atoms with Gasteiger partial charge in [-0.25, -0.2) is 0 Å². The molecule has 0 aliphatic heterocycles.